The molecule has 0 aliphatic carbocycles. The van der Waals surface area contributed by atoms with E-state index >= 15 is 0 Å². The summed E-state index contributed by atoms with van der Waals surface area (Å²) in [6.07, 6.45) is 0. The third-order valence-electron chi connectivity index (χ3n) is 3.94. The molecule has 0 radical (unpaired) electrons. The highest BCUT2D eigenvalue weighted by Crippen LogP contribution is 2.29. The smallest absolute Gasteiger partial charge is 0.244 e. The Hall–Kier alpha value is -0.980. The van der Waals surface area contributed by atoms with Crippen molar-refractivity contribution in [1.82, 2.24) is 4.31 Å². The second-order valence-electron chi connectivity index (χ2n) is 5.44. The van der Waals surface area contributed by atoms with Crippen molar-refractivity contribution < 1.29 is 8.42 Å². The van der Waals surface area contributed by atoms with Crippen LogP contribution in [0.2, 0.25) is 15.1 Å². The van der Waals surface area contributed by atoms with E-state index < -0.39 is 10.0 Å². The van der Waals surface area contributed by atoms with E-state index in [-0.39, 0.29) is 9.92 Å². The number of benzene rings is 2. The summed E-state index contributed by atoms with van der Waals surface area (Å²) in [7, 11) is -3.66. The van der Waals surface area contributed by atoms with Crippen LogP contribution in [0, 0.1) is 0 Å². The summed E-state index contributed by atoms with van der Waals surface area (Å²) < 4.78 is 27.0. The van der Waals surface area contributed by atoms with Gasteiger partial charge in [-0.2, -0.15) is 4.31 Å². The lowest BCUT2D eigenvalue weighted by molar-refractivity contribution is 0.385. The van der Waals surface area contributed by atoms with Crippen molar-refractivity contribution in [3.63, 3.8) is 0 Å². The number of nitrogens with zero attached hydrogens (tertiary/aromatic N) is 2. The van der Waals surface area contributed by atoms with Crippen molar-refractivity contribution in [3.05, 3.63) is 57.5 Å². The maximum atomic E-state index is 12.8. The molecule has 0 bridgehead atoms. The molecule has 0 unspecified atom stereocenters. The second-order valence-corrected chi connectivity index (χ2v) is 8.63. The third kappa shape index (κ3) is 3.65. The molecule has 4 nitrogen and oxygen atoms in total. The van der Waals surface area contributed by atoms with Crippen LogP contribution >= 0.6 is 34.8 Å². The first kappa shape index (κ1) is 17.8. The fourth-order valence-electron chi connectivity index (χ4n) is 2.65. The van der Waals surface area contributed by atoms with Gasteiger partial charge in [-0.15, -0.1) is 0 Å². The molecule has 2 aromatic carbocycles. The number of anilines is 1. The SMILES string of the molecule is O=S(=O)(c1cc(Cl)ccc1Cl)N1CCN(c2ccc(Cl)cc2)CC1. The normalized spacial score (nSPS) is 16.4. The Balaban J connectivity index is 1.76. The van der Waals surface area contributed by atoms with Gasteiger partial charge in [0.1, 0.15) is 4.90 Å². The molecular formula is C16H15Cl3N2O2S. The zero-order valence-corrected chi connectivity index (χ0v) is 15.7. The Morgan fingerprint density at radius 2 is 1.38 bits per heavy atom. The molecule has 0 amide bonds. The molecule has 1 fully saturated rings. The number of rotatable bonds is 3. The van der Waals surface area contributed by atoms with E-state index in [1.165, 1.54) is 16.4 Å². The molecule has 3 rings (SSSR count). The Bertz CT molecular complexity index is 833. The van der Waals surface area contributed by atoms with E-state index in [0.717, 1.165) is 5.69 Å². The molecular weight excluding hydrogens is 391 g/mol. The molecule has 0 atom stereocenters. The monoisotopic (exact) mass is 404 g/mol. The lowest BCUT2D eigenvalue weighted by Gasteiger charge is -2.35. The van der Waals surface area contributed by atoms with Gasteiger partial charge in [-0.1, -0.05) is 34.8 Å². The average molecular weight is 406 g/mol. The van der Waals surface area contributed by atoms with Crippen molar-refractivity contribution in [2.45, 2.75) is 4.90 Å². The van der Waals surface area contributed by atoms with Crippen molar-refractivity contribution in [1.29, 1.82) is 0 Å². The molecule has 128 valence electrons. The first-order valence-corrected chi connectivity index (χ1v) is 9.91. The minimum Gasteiger partial charge on any atom is -0.369 e. The van der Waals surface area contributed by atoms with Crippen LogP contribution in [-0.2, 0) is 10.0 Å². The van der Waals surface area contributed by atoms with Gasteiger partial charge in [0.15, 0.2) is 0 Å². The number of hydrogen-bond donors (Lipinski definition) is 0. The highest BCUT2D eigenvalue weighted by atomic mass is 35.5. The van der Waals surface area contributed by atoms with Crippen LogP contribution in [0.4, 0.5) is 5.69 Å². The Kier molecular flexibility index (Phi) is 5.27. The Morgan fingerprint density at radius 3 is 2.00 bits per heavy atom. The molecule has 0 spiro atoms. The van der Waals surface area contributed by atoms with Crippen molar-refractivity contribution in [3.8, 4) is 0 Å². The largest absolute Gasteiger partial charge is 0.369 e. The molecule has 1 aliphatic heterocycles. The van der Waals surface area contributed by atoms with Gasteiger partial charge in [-0.3, -0.25) is 0 Å². The maximum absolute atomic E-state index is 12.8. The average Bonchev–Trinajstić information content (AvgIpc) is 2.58. The summed E-state index contributed by atoms with van der Waals surface area (Å²) in [5, 5.41) is 1.20. The van der Waals surface area contributed by atoms with Crippen LogP contribution in [-0.4, -0.2) is 38.9 Å². The minimum atomic E-state index is -3.66. The summed E-state index contributed by atoms with van der Waals surface area (Å²) in [4.78, 5) is 2.18. The molecule has 0 N–H and O–H groups in total. The van der Waals surface area contributed by atoms with Gasteiger partial charge in [0, 0.05) is 41.9 Å². The van der Waals surface area contributed by atoms with Crippen LogP contribution in [0.3, 0.4) is 0 Å². The third-order valence-corrected chi connectivity index (χ3v) is 6.81. The lowest BCUT2D eigenvalue weighted by Crippen LogP contribution is -2.48. The number of halogens is 3. The molecule has 2 aromatic rings. The maximum Gasteiger partial charge on any atom is 0.244 e. The van der Waals surface area contributed by atoms with Gasteiger partial charge in [0.2, 0.25) is 10.0 Å². The van der Waals surface area contributed by atoms with Gasteiger partial charge in [0.05, 0.1) is 5.02 Å². The molecule has 0 saturated carbocycles. The van der Waals surface area contributed by atoms with Crippen molar-refractivity contribution >= 4 is 50.5 Å². The first-order valence-electron chi connectivity index (χ1n) is 7.33. The highest BCUT2D eigenvalue weighted by Gasteiger charge is 2.30. The summed E-state index contributed by atoms with van der Waals surface area (Å²) in [5.41, 5.74) is 1.03. The van der Waals surface area contributed by atoms with Crippen LogP contribution in [0.1, 0.15) is 0 Å². The van der Waals surface area contributed by atoms with Crippen LogP contribution in [0.5, 0.6) is 0 Å². The van der Waals surface area contributed by atoms with E-state index in [0.29, 0.717) is 36.2 Å². The summed E-state index contributed by atoms with van der Waals surface area (Å²) >= 11 is 17.9. The predicted molar refractivity (Wildman–Crippen MR) is 98.9 cm³/mol. The standard InChI is InChI=1S/C16H15Cl3N2O2S/c17-12-1-4-14(5-2-12)20-7-9-21(10-8-20)24(22,23)16-11-13(18)3-6-15(16)19/h1-6,11H,7-10H2. The molecule has 8 heteroatoms. The quantitative estimate of drug-likeness (QED) is 0.770. The van der Waals surface area contributed by atoms with E-state index in [1.54, 1.807) is 6.07 Å². The summed E-state index contributed by atoms with van der Waals surface area (Å²) in [5.74, 6) is 0. The van der Waals surface area contributed by atoms with Gasteiger partial charge in [-0.25, -0.2) is 8.42 Å². The van der Waals surface area contributed by atoms with E-state index in [2.05, 4.69) is 4.90 Å². The summed E-state index contributed by atoms with van der Waals surface area (Å²) in [6.45, 7) is 1.96. The van der Waals surface area contributed by atoms with Crippen LogP contribution < -0.4 is 4.90 Å². The molecule has 24 heavy (non-hydrogen) atoms. The zero-order valence-electron chi connectivity index (χ0n) is 12.6. The summed E-state index contributed by atoms with van der Waals surface area (Å²) in [6, 6.07) is 12.0. The number of hydrogen-bond acceptors (Lipinski definition) is 3. The molecule has 1 saturated heterocycles. The van der Waals surface area contributed by atoms with Gasteiger partial charge < -0.3 is 4.90 Å². The number of sulfonamides is 1. The van der Waals surface area contributed by atoms with Crippen molar-refractivity contribution in [2.24, 2.45) is 0 Å². The Labute approximate surface area is 156 Å². The van der Waals surface area contributed by atoms with Gasteiger partial charge in [0.25, 0.3) is 0 Å². The Morgan fingerprint density at radius 1 is 0.792 bits per heavy atom. The second kappa shape index (κ2) is 7.10. The van der Waals surface area contributed by atoms with E-state index in [4.69, 9.17) is 34.8 Å². The van der Waals surface area contributed by atoms with Crippen molar-refractivity contribution in [2.75, 3.05) is 31.1 Å². The molecule has 1 heterocycles. The fourth-order valence-corrected chi connectivity index (χ4v) is 4.94. The van der Waals surface area contributed by atoms with Gasteiger partial charge in [-0.05, 0) is 42.5 Å². The van der Waals surface area contributed by atoms with E-state index in [1.807, 2.05) is 24.3 Å². The molecule has 1 aliphatic rings. The topological polar surface area (TPSA) is 40.6 Å². The van der Waals surface area contributed by atoms with Gasteiger partial charge >= 0.3 is 0 Å². The first-order chi connectivity index (χ1) is 11.4. The van der Waals surface area contributed by atoms with Crippen LogP contribution in [0.25, 0.3) is 0 Å². The number of piperazine rings is 1. The molecule has 0 aromatic heterocycles. The fraction of sp³-hybridized carbons (Fsp3) is 0.250. The predicted octanol–water partition coefficient (Wildman–Crippen LogP) is 4.16. The minimum absolute atomic E-state index is 0.0524. The van der Waals surface area contributed by atoms with E-state index in [9.17, 15) is 8.42 Å². The lowest BCUT2D eigenvalue weighted by atomic mass is 10.2. The highest BCUT2D eigenvalue weighted by molar-refractivity contribution is 7.89. The zero-order chi connectivity index (χ0) is 17.3. The van der Waals surface area contributed by atoms with Crippen LogP contribution in [0.15, 0.2) is 47.4 Å².